The summed E-state index contributed by atoms with van der Waals surface area (Å²) >= 11 is 0. The average molecular weight is 457 g/mol. The second-order valence-corrected chi connectivity index (χ2v) is 9.96. The molecule has 5 nitrogen and oxygen atoms in total. The van der Waals surface area contributed by atoms with Gasteiger partial charge in [0, 0.05) is 36.2 Å². The minimum absolute atomic E-state index is 0.104. The van der Waals surface area contributed by atoms with Crippen molar-refractivity contribution >= 4 is 27.8 Å². The second kappa shape index (κ2) is 8.49. The maximum absolute atomic E-state index is 13.9. The van der Waals surface area contributed by atoms with Crippen LogP contribution in [0.1, 0.15) is 72.6 Å². The van der Waals surface area contributed by atoms with Gasteiger partial charge in [0.05, 0.1) is 16.6 Å². The lowest BCUT2D eigenvalue weighted by Crippen LogP contribution is -2.41. The Labute approximate surface area is 198 Å². The van der Waals surface area contributed by atoms with Crippen LogP contribution in [0.2, 0.25) is 0 Å². The number of hydrogen-bond acceptors (Lipinski definition) is 3. The van der Waals surface area contributed by atoms with E-state index in [0.29, 0.717) is 17.8 Å². The largest absolute Gasteiger partial charge is 0.342 e. The Hall–Kier alpha value is -3.28. The summed E-state index contributed by atoms with van der Waals surface area (Å²) in [4.78, 5) is 27.3. The quantitative estimate of drug-likeness (QED) is 0.399. The van der Waals surface area contributed by atoms with Gasteiger partial charge in [0.1, 0.15) is 11.6 Å². The summed E-state index contributed by atoms with van der Waals surface area (Å²) in [5.41, 5.74) is 4.66. The standard InChI is InChI=1S/C28H29FN4O/c1-17(27-31-25-9-7-20(15-26(25)32-27)28(34)33-13-2-14-33)18-3-5-19(6-4-18)22-11-12-30-24-10-8-21(29)16-23(22)24/h7-12,15-19H,2-6,13-14H2,1H3,(H,31,32)/t17-,18-,19+/m1/s1. The maximum Gasteiger partial charge on any atom is 0.253 e. The summed E-state index contributed by atoms with van der Waals surface area (Å²) in [6.07, 6.45) is 7.33. The number of likely N-dealkylation sites (tertiary alicyclic amines) is 1. The van der Waals surface area contributed by atoms with Crippen LogP contribution in [0.5, 0.6) is 0 Å². The molecule has 174 valence electrons. The predicted molar refractivity (Wildman–Crippen MR) is 131 cm³/mol. The number of benzene rings is 2. The fraction of sp³-hybridized carbons (Fsp3) is 0.393. The molecular weight excluding hydrogens is 427 g/mol. The lowest BCUT2D eigenvalue weighted by atomic mass is 9.73. The first-order chi connectivity index (χ1) is 16.6. The van der Waals surface area contributed by atoms with E-state index in [1.54, 1.807) is 12.1 Å². The van der Waals surface area contributed by atoms with Crippen molar-refractivity contribution in [2.45, 2.75) is 50.9 Å². The van der Waals surface area contributed by atoms with Crippen LogP contribution < -0.4 is 0 Å². The van der Waals surface area contributed by atoms with Gasteiger partial charge in [-0.15, -0.1) is 0 Å². The number of carbonyl (C=O) groups excluding carboxylic acids is 1. The summed E-state index contributed by atoms with van der Waals surface area (Å²) in [6.45, 7) is 3.96. The third-order valence-electron chi connectivity index (χ3n) is 7.98. The molecule has 6 rings (SSSR count). The van der Waals surface area contributed by atoms with Crippen LogP contribution in [0.15, 0.2) is 48.7 Å². The van der Waals surface area contributed by atoms with E-state index in [-0.39, 0.29) is 11.7 Å². The molecule has 1 aliphatic heterocycles. The molecule has 1 atom stereocenters. The Kier molecular flexibility index (Phi) is 5.31. The van der Waals surface area contributed by atoms with Crippen LogP contribution in [0.4, 0.5) is 4.39 Å². The number of aromatic amines is 1. The average Bonchev–Trinajstić information content (AvgIpc) is 3.25. The van der Waals surface area contributed by atoms with Crippen molar-refractivity contribution in [2.75, 3.05) is 13.1 Å². The smallest absolute Gasteiger partial charge is 0.253 e. The van der Waals surface area contributed by atoms with Gasteiger partial charge < -0.3 is 9.88 Å². The minimum Gasteiger partial charge on any atom is -0.342 e. The van der Waals surface area contributed by atoms with Crippen LogP contribution >= 0.6 is 0 Å². The molecule has 2 fully saturated rings. The molecule has 0 spiro atoms. The van der Waals surface area contributed by atoms with Gasteiger partial charge in [-0.2, -0.15) is 0 Å². The topological polar surface area (TPSA) is 61.9 Å². The van der Waals surface area contributed by atoms with Crippen molar-refractivity contribution in [1.29, 1.82) is 0 Å². The first-order valence-corrected chi connectivity index (χ1v) is 12.4. The van der Waals surface area contributed by atoms with Gasteiger partial charge in [-0.05, 0) is 92.0 Å². The third kappa shape index (κ3) is 3.75. The van der Waals surface area contributed by atoms with E-state index in [0.717, 1.165) is 78.5 Å². The SMILES string of the molecule is C[C@@H](c1nc2cc(C(=O)N3CCC3)ccc2[nH]1)[C@H]1CC[C@@H](c2ccnc3ccc(F)cc32)CC1. The second-order valence-electron chi connectivity index (χ2n) is 9.96. The molecule has 34 heavy (non-hydrogen) atoms. The Bertz CT molecular complexity index is 1370. The highest BCUT2D eigenvalue weighted by Gasteiger charge is 2.29. The van der Waals surface area contributed by atoms with Crippen molar-refractivity contribution < 1.29 is 9.18 Å². The zero-order valence-corrected chi connectivity index (χ0v) is 19.4. The molecule has 2 aliphatic rings. The number of halogens is 1. The van der Waals surface area contributed by atoms with Crippen molar-refractivity contribution in [3.8, 4) is 0 Å². The summed E-state index contributed by atoms with van der Waals surface area (Å²) < 4.78 is 13.9. The highest BCUT2D eigenvalue weighted by atomic mass is 19.1. The number of amides is 1. The van der Waals surface area contributed by atoms with Crippen molar-refractivity contribution in [3.63, 3.8) is 0 Å². The lowest BCUT2D eigenvalue weighted by Gasteiger charge is -2.32. The molecular formula is C28H29FN4O. The van der Waals surface area contributed by atoms with E-state index in [9.17, 15) is 9.18 Å². The monoisotopic (exact) mass is 456 g/mol. The normalized spacial score (nSPS) is 21.5. The van der Waals surface area contributed by atoms with Crippen LogP contribution in [-0.4, -0.2) is 38.8 Å². The number of pyridine rings is 1. The minimum atomic E-state index is -0.205. The lowest BCUT2D eigenvalue weighted by molar-refractivity contribution is 0.0652. The van der Waals surface area contributed by atoms with E-state index in [1.165, 1.54) is 11.6 Å². The Morgan fingerprint density at radius 1 is 1.06 bits per heavy atom. The summed E-state index contributed by atoms with van der Waals surface area (Å²) in [5.74, 6) is 2.19. The molecule has 2 aromatic heterocycles. The number of nitrogens with zero attached hydrogens (tertiary/aromatic N) is 3. The number of nitrogens with one attached hydrogen (secondary N) is 1. The van der Waals surface area contributed by atoms with E-state index in [4.69, 9.17) is 4.98 Å². The third-order valence-corrected chi connectivity index (χ3v) is 7.98. The van der Waals surface area contributed by atoms with E-state index in [2.05, 4.69) is 23.0 Å². The van der Waals surface area contributed by atoms with Gasteiger partial charge in [-0.25, -0.2) is 9.37 Å². The molecule has 1 amide bonds. The molecule has 6 heteroatoms. The number of fused-ring (bicyclic) bond motifs is 2. The van der Waals surface area contributed by atoms with Gasteiger partial charge in [-0.3, -0.25) is 9.78 Å². The molecule has 1 saturated carbocycles. The fourth-order valence-corrected chi connectivity index (χ4v) is 5.73. The number of rotatable bonds is 4. The first kappa shape index (κ1) is 21.3. The van der Waals surface area contributed by atoms with Gasteiger partial charge in [0.25, 0.3) is 5.91 Å². The molecule has 0 radical (unpaired) electrons. The first-order valence-electron chi connectivity index (χ1n) is 12.4. The number of carbonyl (C=O) groups is 1. The zero-order valence-electron chi connectivity index (χ0n) is 19.4. The van der Waals surface area contributed by atoms with E-state index in [1.807, 2.05) is 29.3 Å². The van der Waals surface area contributed by atoms with E-state index < -0.39 is 0 Å². The van der Waals surface area contributed by atoms with Crippen molar-refractivity contribution in [1.82, 2.24) is 19.9 Å². The van der Waals surface area contributed by atoms with Crippen LogP contribution in [-0.2, 0) is 0 Å². The van der Waals surface area contributed by atoms with Gasteiger partial charge >= 0.3 is 0 Å². The maximum atomic E-state index is 13.9. The van der Waals surface area contributed by atoms with Crippen LogP contribution in [0.3, 0.4) is 0 Å². The Morgan fingerprint density at radius 3 is 2.65 bits per heavy atom. The molecule has 1 N–H and O–H groups in total. The van der Waals surface area contributed by atoms with Gasteiger partial charge in [-0.1, -0.05) is 6.92 Å². The van der Waals surface area contributed by atoms with Crippen LogP contribution in [0.25, 0.3) is 21.9 Å². The number of imidazole rings is 1. The highest BCUT2D eigenvalue weighted by molar-refractivity contribution is 5.97. The van der Waals surface area contributed by atoms with Gasteiger partial charge in [0.15, 0.2) is 0 Å². The summed E-state index contributed by atoms with van der Waals surface area (Å²) in [5, 5.41) is 0.944. The Morgan fingerprint density at radius 2 is 1.88 bits per heavy atom. The molecule has 1 aliphatic carbocycles. The number of aromatic nitrogens is 3. The Balaban J connectivity index is 1.17. The summed E-state index contributed by atoms with van der Waals surface area (Å²) in [6, 6.07) is 12.8. The van der Waals surface area contributed by atoms with Crippen LogP contribution in [0, 0.1) is 11.7 Å². The van der Waals surface area contributed by atoms with Crippen molar-refractivity contribution in [3.05, 3.63) is 71.4 Å². The zero-order chi connectivity index (χ0) is 23.2. The highest BCUT2D eigenvalue weighted by Crippen LogP contribution is 2.43. The fourth-order valence-electron chi connectivity index (χ4n) is 5.73. The molecule has 0 unspecified atom stereocenters. The molecule has 1 saturated heterocycles. The predicted octanol–water partition coefficient (Wildman–Crippen LogP) is 6.17. The van der Waals surface area contributed by atoms with E-state index >= 15 is 0 Å². The number of hydrogen-bond donors (Lipinski definition) is 1. The molecule has 3 heterocycles. The molecule has 4 aromatic rings. The number of H-pyrrole nitrogens is 1. The molecule has 2 aromatic carbocycles. The molecule has 0 bridgehead atoms. The van der Waals surface area contributed by atoms with Gasteiger partial charge in [0.2, 0.25) is 0 Å². The van der Waals surface area contributed by atoms with Crippen molar-refractivity contribution in [2.24, 2.45) is 5.92 Å². The summed E-state index contributed by atoms with van der Waals surface area (Å²) in [7, 11) is 0.